The third kappa shape index (κ3) is 3.08. The maximum Gasteiger partial charge on any atom is 0.255 e. The molecule has 0 saturated heterocycles. The third-order valence-electron chi connectivity index (χ3n) is 3.73. The smallest absolute Gasteiger partial charge is 0.255 e. The van der Waals surface area contributed by atoms with Gasteiger partial charge >= 0.3 is 0 Å². The minimum atomic E-state index is -0.299. The van der Waals surface area contributed by atoms with Crippen molar-refractivity contribution in [1.29, 1.82) is 0 Å². The number of hydrogen-bond acceptors (Lipinski definition) is 4. The van der Waals surface area contributed by atoms with Gasteiger partial charge in [-0.05, 0) is 36.2 Å². The van der Waals surface area contributed by atoms with Crippen LogP contribution in [0.5, 0.6) is 11.5 Å². The minimum Gasteiger partial charge on any atom is -0.493 e. The highest BCUT2D eigenvalue weighted by Gasteiger charge is 2.24. The first-order chi connectivity index (χ1) is 11.2. The van der Waals surface area contributed by atoms with Crippen LogP contribution in [0.2, 0.25) is 0 Å². The zero-order valence-corrected chi connectivity index (χ0v) is 13.3. The summed E-state index contributed by atoms with van der Waals surface area (Å²) in [6.07, 6.45) is 0.617. The molecule has 0 aromatic heterocycles. The standard InChI is InChI=1S/C18H20N2O3/c1-3-10-23-16-11-12(8-9-15(16)22-2)17-19-14-7-5-4-6-13(14)18(21)20-17/h4-9,11,17,19H,3,10H2,1-2H3,(H,20,21). The normalized spacial score (nSPS) is 16.1. The lowest BCUT2D eigenvalue weighted by molar-refractivity contribution is 0.0935. The molecule has 1 aliphatic heterocycles. The van der Waals surface area contributed by atoms with E-state index in [4.69, 9.17) is 9.47 Å². The molecule has 1 unspecified atom stereocenters. The molecular weight excluding hydrogens is 292 g/mol. The van der Waals surface area contributed by atoms with E-state index < -0.39 is 0 Å². The molecule has 0 spiro atoms. The van der Waals surface area contributed by atoms with Crippen molar-refractivity contribution < 1.29 is 14.3 Å². The van der Waals surface area contributed by atoms with Crippen molar-refractivity contribution in [2.75, 3.05) is 19.0 Å². The molecule has 0 aliphatic carbocycles. The van der Waals surface area contributed by atoms with E-state index in [1.165, 1.54) is 0 Å². The average molecular weight is 312 g/mol. The molecule has 0 radical (unpaired) electrons. The monoisotopic (exact) mass is 312 g/mol. The Morgan fingerprint density at radius 3 is 2.70 bits per heavy atom. The highest BCUT2D eigenvalue weighted by Crippen LogP contribution is 2.33. The number of amides is 1. The number of carbonyl (C=O) groups is 1. The predicted molar refractivity (Wildman–Crippen MR) is 89.1 cm³/mol. The van der Waals surface area contributed by atoms with Gasteiger partial charge in [0.1, 0.15) is 6.17 Å². The van der Waals surface area contributed by atoms with Crippen molar-refractivity contribution in [2.24, 2.45) is 0 Å². The van der Waals surface area contributed by atoms with Crippen molar-refractivity contribution in [3.05, 3.63) is 53.6 Å². The summed E-state index contributed by atoms with van der Waals surface area (Å²) in [5.74, 6) is 1.28. The second-order valence-corrected chi connectivity index (χ2v) is 5.36. The molecule has 1 atom stereocenters. The minimum absolute atomic E-state index is 0.0869. The van der Waals surface area contributed by atoms with Crippen LogP contribution in [-0.4, -0.2) is 19.6 Å². The van der Waals surface area contributed by atoms with Crippen molar-refractivity contribution in [3.63, 3.8) is 0 Å². The van der Waals surface area contributed by atoms with E-state index in [2.05, 4.69) is 17.6 Å². The number of hydrogen-bond donors (Lipinski definition) is 2. The number of carbonyl (C=O) groups excluding carboxylic acids is 1. The second kappa shape index (κ2) is 6.60. The third-order valence-corrected chi connectivity index (χ3v) is 3.73. The van der Waals surface area contributed by atoms with Gasteiger partial charge in [-0.3, -0.25) is 4.79 Å². The lowest BCUT2D eigenvalue weighted by Gasteiger charge is -2.28. The Kier molecular flexibility index (Phi) is 4.37. The Labute approximate surface area is 135 Å². The van der Waals surface area contributed by atoms with Crippen molar-refractivity contribution in [2.45, 2.75) is 19.5 Å². The van der Waals surface area contributed by atoms with Gasteiger partial charge in [-0.15, -0.1) is 0 Å². The van der Waals surface area contributed by atoms with Crippen LogP contribution >= 0.6 is 0 Å². The van der Waals surface area contributed by atoms with E-state index >= 15 is 0 Å². The number of para-hydroxylation sites is 1. The highest BCUT2D eigenvalue weighted by molar-refractivity contribution is 6.01. The Hall–Kier alpha value is -2.69. The first kappa shape index (κ1) is 15.2. The molecule has 5 heteroatoms. The van der Waals surface area contributed by atoms with Crippen molar-refractivity contribution in [3.8, 4) is 11.5 Å². The van der Waals surface area contributed by atoms with E-state index in [9.17, 15) is 4.79 Å². The van der Waals surface area contributed by atoms with E-state index in [0.29, 0.717) is 23.7 Å². The molecule has 120 valence electrons. The van der Waals surface area contributed by atoms with Gasteiger partial charge in [-0.25, -0.2) is 0 Å². The molecule has 1 amide bonds. The zero-order valence-electron chi connectivity index (χ0n) is 13.3. The maximum absolute atomic E-state index is 12.2. The van der Waals surface area contributed by atoms with Crippen LogP contribution < -0.4 is 20.1 Å². The number of rotatable bonds is 5. The van der Waals surface area contributed by atoms with Crippen LogP contribution in [0, 0.1) is 0 Å². The number of ether oxygens (including phenoxy) is 2. The SMILES string of the molecule is CCCOc1cc(C2NC(=O)c3ccccc3N2)ccc1OC. The molecule has 23 heavy (non-hydrogen) atoms. The van der Waals surface area contributed by atoms with Crippen molar-refractivity contribution in [1.82, 2.24) is 5.32 Å². The van der Waals surface area contributed by atoms with E-state index in [-0.39, 0.29) is 12.1 Å². The molecule has 3 rings (SSSR count). The molecule has 2 aromatic rings. The molecule has 2 N–H and O–H groups in total. The Balaban J connectivity index is 1.89. The van der Waals surface area contributed by atoms with Gasteiger partial charge in [0.25, 0.3) is 5.91 Å². The summed E-state index contributed by atoms with van der Waals surface area (Å²) in [5.41, 5.74) is 2.40. The van der Waals surface area contributed by atoms with Crippen molar-refractivity contribution >= 4 is 11.6 Å². The van der Waals surface area contributed by atoms with Crippen LogP contribution in [0.4, 0.5) is 5.69 Å². The largest absolute Gasteiger partial charge is 0.493 e. The van der Waals surface area contributed by atoms with E-state index in [1.807, 2.05) is 36.4 Å². The van der Waals surface area contributed by atoms with E-state index in [1.54, 1.807) is 13.2 Å². The number of anilines is 1. The fourth-order valence-corrected chi connectivity index (χ4v) is 2.57. The lowest BCUT2D eigenvalue weighted by atomic mass is 10.1. The van der Waals surface area contributed by atoms with Gasteiger partial charge in [0.05, 0.1) is 19.3 Å². The fraction of sp³-hybridized carbons (Fsp3) is 0.278. The molecule has 1 aliphatic rings. The molecule has 0 bridgehead atoms. The van der Waals surface area contributed by atoms with Crippen LogP contribution in [0.1, 0.15) is 35.4 Å². The second-order valence-electron chi connectivity index (χ2n) is 5.36. The Bertz CT molecular complexity index is 715. The van der Waals surface area contributed by atoms with Crippen LogP contribution in [-0.2, 0) is 0 Å². The first-order valence-electron chi connectivity index (χ1n) is 7.70. The lowest BCUT2D eigenvalue weighted by Crippen LogP contribution is -2.38. The number of methoxy groups -OCH3 is 1. The summed E-state index contributed by atoms with van der Waals surface area (Å²) >= 11 is 0. The van der Waals surface area contributed by atoms with Crippen LogP contribution in [0.3, 0.4) is 0 Å². The Morgan fingerprint density at radius 2 is 1.91 bits per heavy atom. The molecule has 2 aromatic carbocycles. The van der Waals surface area contributed by atoms with Gasteiger partial charge in [-0.1, -0.05) is 25.1 Å². The van der Waals surface area contributed by atoms with Gasteiger partial charge in [0, 0.05) is 5.69 Å². The van der Waals surface area contributed by atoms with Gasteiger partial charge in [0.2, 0.25) is 0 Å². The predicted octanol–water partition coefficient (Wildman–Crippen LogP) is 3.34. The molecular formula is C18H20N2O3. The summed E-state index contributed by atoms with van der Waals surface area (Å²) < 4.78 is 11.1. The van der Waals surface area contributed by atoms with Gasteiger partial charge in [-0.2, -0.15) is 0 Å². The topological polar surface area (TPSA) is 59.6 Å². The highest BCUT2D eigenvalue weighted by atomic mass is 16.5. The van der Waals surface area contributed by atoms with Gasteiger partial charge < -0.3 is 20.1 Å². The van der Waals surface area contributed by atoms with Gasteiger partial charge in [0.15, 0.2) is 11.5 Å². The fourth-order valence-electron chi connectivity index (χ4n) is 2.57. The number of nitrogens with one attached hydrogen (secondary N) is 2. The van der Waals surface area contributed by atoms with E-state index in [0.717, 1.165) is 17.7 Å². The number of fused-ring (bicyclic) bond motifs is 1. The summed E-state index contributed by atoms with van der Waals surface area (Å²) in [6.45, 7) is 2.67. The summed E-state index contributed by atoms with van der Waals surface area (Å²) in [5, 5.41) is 6.30. The summed E-state index contributed by atoms with van der Waals surface area (Å²) in [4.78, 5) is 12.2. The summed E-state index contributed by atoms with van der Waals surface area (Å²) in [7, 11) is 1.62. The first-order valence-corrected chi connectivity index (χ1v) is 7.70. The maximum atomic E-state index is 12.2. The molecule has 0 fully saturated rings. The Morgan fingerprint density at radius 1 is 1.09 bits per heavy atom. The molecule has 5 nitrogen and oxygen atoms in total. The summed E-state index contributed by atoms with van der Waals surface area (Å²) in [6, 6.07) is 13.1. The quantitative estimate of drug-likeness (QED) is 0.889. The van der Waals surface area contributed by atoms with Crippen LogP contribution in [0.25, 0.3) is 0 Å². The average Bonchev–Trinajstić information content (AvgIpc) is 2.59. The number of benzene rings is 2. The molecule has 0 saturated carbocycles. The molecule has 1 heterocycles. The zero-order chi connectivity index (χ0) is 16.2. The van der Waals surface area contributed by atoms with Crippen LogP contribution in [0.15, 0.2) is 42.5 Å².